The van der Waals surface area contributed by atoms with Crippen molar-refractivity contribution in [3.05, 3.63) is 70.3 Å². The largest absolute Gasteiger partial charge is 0.450 e. The molecule has 0 fully saturated rings. The molecule has 2 aromatic rings. The molecule has 0 aliphatic carbocycles. The molecule has 0 bridgehead atoms. The van der Waals surface area contributed by atoms with Gasteiger partial charge in [0.2, 0.25) is 0 Å². The van der Waals surface area contributed by atoms with Gasteiger partial charge in [-0.1, -0.05) is 49.7 Å². The lowest BCUT2D eigenvalue weighted by Crippen LogP contribution is -2.18. The number of halogens is 1. The fourth-order valence-corrected chi connectivity index (χ4v) is 2.28. The molecule has 0 N–H and O–H groups in total. The van der Waals surface area contributed by atoms with Crippen LogP contribution in [0.3, 0.4) is 0 Å². The fraction of sp³-hybridized carbons (Fsp3) is 0.238. The van der Waals surface area contributed by atoms with Crippen molar-refractivity contribution in [2.75, 3.05) is 6.61 Å². The van der Waals surface area contributed by atoms with Crippen LogP contribution in [0.15, 0.2) is 48.5 Å². The molecule has 2 aromatic carbocycles. The van der Waals surface area contributed by atoms with Crippen molar-refractivity contribution in [1.29, 1.82) is 0 Å². The summed E-state index contributed by atoms with van der Waals surface area (Å²) in [6, 6.07) is 12.7. The molecule has 0 saturated carbocycles. The standard InChI is InChI=1S/C21H21ClO4/c1-14(2)17-8-4-15(3)19(12-17)26-21(24)13-25-20(23)11-7-16-5-9-18(22)10-6-16/h4-12,14H,13H2,1-3H3/b11-7+. The molecule has 0 aliphatic heterocycles. The Balaban J connectivity index is 1.87. The van der Waals surface area contributed by atoms with Crippen LogP contribution in [-0.4, -0.2) is 18.5 Å². The lowest BCUT2D eigenvalue weighted by atomic mass is 10.0. The van der Waals surface area contributed by atoms with Crippen molar-refractivity contribution in [3.8, 4) is 5.75 Å². The number of hydrogen-bond donors (Lipinski definition) is 0. The summed E-state index contributed by atoms with van der Waals surface area (Å²) in [5.41, 5.74) is 2.72. The Kier molecular flexibility index (Phi) is 6.98. The van der Waals surface area contributed by atoms with Crippen LogP contribution in [0.5, 0.6) is 5.75 Å². The summed E-state index contributed by atoms with van der Waals surface area (Å²) in [7, 11) is 0. The maximum Gasteiger partial charge on any atom is 0.349 e. The van der Waals surface area contributed by atoms with Crippen LogP contribution in [0.2, 0.25) is 5.02 Å². The highest BCUT2D eigenvalue weighted by Gasteiger charge is 2.11. The third kappa shape index (κ3) is 6.05. The van der Waals surface area contributed by atoms with Crippen molar-refractivity contribution in [2.45, 2.75) is 26.7 Å². The van der Waals surface area contributed by atoms with E-state index < -0.39 is 18.5 Å². The number of benzene rings is 2. The number of rotatable bonds is 6. The summed E-state index contributed by atoms with van der Waals surface area (Å²) in [6.45, 7) is 5.53. The van der Waals surface area contributed by atoms with E-state index in [1.165, 1.54) is 6.08 Å². The zero-order valence-corrected chi connectivity index (χ0v) is 15.7. The van der Waals surface area contributed by atoms with E-state index in [-0.39, 0.29) is 0 Å². The van der Waals surface area contributed by atoms with Crippen molar-refractivity contribution in [1.82, 2.24) is 0 Å². The van der Waals surface area contributed by atoms with Gasteiger partial charge >= 0.3 is 11.9 Å². The van der Waals surface area contributed by atoms with Gasteiger partial charge in [0.15, 0.2) is 6.61 Å². The Morgan fingerprint density at radius 2 is 1.81 bits per heavy atom. The summed E-state index contributed by atoms with van der Waals surface area (Å²) in [4.78, 5) is 23.6. The van der Waals surface area contributed by atoms with Crippen LogP contribution >= 0.6 is 11.6 Å². The molecule has 5 heteroatoms. The SMILES string of the molecule is Cc1ccc(C(C)C)cc1OC(=O)COC(=O)/C=C/c1ccc(Cl)cc1. The van der Waals surface area contributed by atoms with Gasteiger partial charge in [0.25, 0.3) is 0 Å². The molecule has 0 saturated heterocycles. The molecule has 26 heavy (non-hydrogen) atoms. The zero-order valence-electron chi connectivity index (χ0n) is 15.0. The molecule has 0 spiro atoms. The highest BCUT2D eigenvalue weighted by molar-refractivity contribution is 6.30. The third-order valence-electron chi connectivity index (χ3n) is 3.72. The highest BCUT2D eigenvalue weighted by Crippen LogP contribution is 2.24. The zero-order chi connectivity index (χ0) is 19.1. The van der Waals surface area contributed by atoms with Gasteiger partial charge in [0.1, 0.15) is 5.75 Å². The van der Waals surface area contributed by atoms with Gasteiger partial charge in [0, 0.05) is 11.1 Å². The molecule has 0 heterocycles. The van der Waals surface area contributed by atoms with Crippen LogP contribution in [0, 0.1) is 6.92 Å². The maximum absolute atomic E-state index is 11.9. The van der Waals surface area contributed by atoms with Gasteiger partial charge in [-0.2, -0.15) is 0 Å². The first kappa shape index (κ1) is 19.7. The monoisotopic (exact) mass is 372 g/mol. The van der Waals surface area contributed by atoms with E-state index in [1.807, 2.05) is 25.1 Å². The summed E-state index contributed by atoms with van der Waals surface area (Å²) in [6.07, 6.45) is 2.83. The Labute approximate surface area is 158 Å². The molecular weight excluding hydrogens is 352 g/mol. The van der Waals surface area contributed by atoms with Crippen LogP contribution < -0.4 is 4.74 Å². The van der Waals surface area contributed by atoms with Gasteiger partial charge in [-0.15, -0.1) is 0 Å². The van der Waals surface area contributed by atoms with Gasteiger partial charge < -0.3 is 9.47 Å². The van der Waals surface area contributed by atoms with Crippen molar-refractivity contribution in [2.24, 2.45) is 0 Å². The molecule has 0 atom stereocenters. The summed E-state index contributed by atoms with van der Waals surface area (Å²) < 4.78 is 10.2. The van der Waals surface area contributed by atoms with E-state index in [4.69, 9.17) is 21.1 Å². The Bertz CT molecular complexity index is 807. The summed E-state index contributed by atoms with van der Waals surface area (Å²) >= 11 is 5.80. The lowest BCUT2D eigenvalue weighted by molar-refractivity contribution is -0.150. The highest BCUT2D eigenvalue weighted by atomic mass is 35.5. The predicted octanol–water partition coefficient (Wildman–Crippen LogP) is 4.93. The van der Waals surface area contributed by atoms with Crippen molar-refractivity contribution in [3.63, 3.8) is 0 Å². The van der Waals surface area contributed by atoms with Crippen LogP contribution in [0.4, 0.5) is 0 Å². The van der Waals surface area contributed by atoms with Crippen LogP contribution in [0.1, 0.15) is 36.5 Å². The number of esters is 2. The second kappa shape index (κ2) is 9.20. The van der Waals surface area contributed by atoms with Crippen LogP contribution in [0.25, 0.3) is 6.08 Å². The normalized spacial score (nSPS) is 11.0. The second-order valence-corrected chi connectivity index (χ2v) is 6.58. The van der Waals surface area contributed by atoms with E-state index in [0.29, 0.717) is 16.7 Å². The smallest absolute Gasteiger partial charge is 0.349 e. The summed E-state index contributed by atoms with van der Waals surface area (Å²) in [5.74, 6) is -0.440. The molecule has 0 aromatic heterocycles. The minimum atomic E-state index is -0.623. The van der Waals surface area contributed by atoms with E-state index in [0.717, 1.165) is 16.7 Å². The average molecular weight is 373 g/mol. The summed E-state index contributed by atoms with van der Waals surface area (Å²) in [5, 5.41) is 0.615. The predicted molar refractivity (Wildman–Crippen MR) is 102 cm³/mol. The minimum absolute atomic E-state index is 0.323. The topological polar surface area (TPSA) is 52.6 Å². The molecule has 0 aliphatic rings. The van der Waals surface area contributed by atoms with Crippen LogP contribution in [-0.2, 0) is 14.3 Å². The first-order chi connectivity index (χ1) is 12.3. The lowest BCUT2D eigenvalue weighted by Gasteiger charge is -2.11. The van der Waals surface area contributed by atoms with Gasteiger partial charge in [-0.05, 0) is 53.8 Å². The van der Waals surface area contributed by atoms with Gasteiger partial charge in [-0.25, -0.2) is 9.59 Å². The average Bonchev–Trinajstić information content (AvgIpc) is 2.61. The second-order valence-electron chi connectivity index (χ2n) is 6.15. The quantitative estimate of drug-likeness (QED) is 0.409. The number of carbonyl (C=O) groups is 2. The third-order valence-corrected chi connectivity index (χ3v) is 3.97. The molecule has 4 nitrogen and oxygen atoms in total. The van der Waals surface area contributed by atoms with E-state index in [1.54, 1.807) is 30.3 Å². The number of hydrogen-bond acceptors (Lipinski definition) is 4. The Hall–Kier alpha value is -2.59. The van der Waals surface area contributed by atoms with E-state index in [2.05, 4.69) is 13.8 Å². The minimum Gasteiger partial charge on any atom is -0.450 e. The van der Waals surface area contributed by atoms with Gasteiger partial charge in [-0.3, -0.25) is 0 Å². The van der Waals surface area contributed by atoms with Crippen molar-refractivity contribution < 1.29 is 19.1 Å². The number of aryl methyl sites for hydroxylation is 1. The Morgan fingerprint density at radius 1 is 1.12 bits per heavy atom. The molecule has 0 radical (unpaired) electrons. The Morgan fingerprint density at radius 3 is 2.46 bits per heavy atom. The molecule has 136 valence electrons. The number of carbonyl (C=O) groups excluding carboxylic acids is 2. The van der Waals surface area contributed by atoms with E-state index in [9.17, 15) is 9.59 Å². The molecule has 2 rings (SSSR count). The first-order valence-electron chi connectivity index (χ1n) is 8.27. The molecular formula is C21H21ClO4. The van der Waals surface area contributed by atoms with E-state index >= 15 is 0 Å². The molecule has 0 unspecified atom stereocenters. The maximum atomic E-state index is 11.9. The first-order valence-corrected chi connectivity index (χ1v) is 8.64. The molecule has 0 amide bonds. The number of ether oxygens (including phenoxy) is 2. The van der Waals surface area contributed by atoms with Gasteiger partial charge in [0.05, 0.1) is 0 Å². The van der Waals surface area contributed by atoms with Crippen molar-refractivity contribution >= 4 is 29.6 Å². The fourth-order valence-electron chi connectivity index (χ4n) is 2.15.